The lowest BCUT2D eigenvalue weighted by molar-refractivity contribution is 0.676. The zero-order valence-electron chi connectivity index (χ0n) is 18.8. The number of rotatable bonds is 8. The Hall–Kier alpha value is -3.61. The average molecular weight is 429 g/mol. The molecule has 0 unspecified atom stereocenters. The van der Waals surface area contributed by atoms with Gasteiger partial charge in [-0.25, -0.2) is 4.98 Å². The maximum atomic E-state index is 13.0. The second-order valence-electron chi connectivity index (χ2n) is 8.06. The summed E-state index contributed by atoms with van der Waals surface area (Å²) in [7, 11) is 1.79. The van der Waals surface area contributed by atoms with Crippen molar-refractivity contribution in [3.8, 4) is 22.5 Å². The van der Waals surface area contributed by atoms with Crippen molar-refractivity contribution in [2.24, 2.45) is 7.05 Å². The van der Waals surface area contributed by atoms with Crippen LogP contribution in [0.3, 0.4) is 0 Å². The van der Waals surface area contributed by atoms with Crippen LogP contribution in [0.4, 0.5) is 0 Å². The van der Waals surface area contributed by atoms with E-state index in [0.717, 1.165) is 65.0 Å². The number of unbranched alkanes of at least 4 members (excludes halogenated alkanes) is 2. The van der Waals surface area contributed by atoms with Gasteiger partial charge in [0.1, 0.15) is 5.82 Å². The number of H-pyrrole nitrogens is 1. The Morgan fingerprint density at radius 1 is 1.00 bits per heavy atom. The number of aromatic nitrogens is 6. The van der Waals surface area contributed by atoms with E-state index in [9.17, 15) is 4.79 Å². The van der Waals surface area contributed by atoms with Crippen LogP contribution in [0.5, 0.6) is 0 Å². The highest BCUT2D eigenvalue weighted by molar-refractivity contribution is 5.80. The van der Waals surface area contributed by atoms with Crippen LogP contribution in [0.25, 0.3) is 22.5 Å². The third-order valence-corrected chi connectivity index (χ3v) is 5.87. The van der Waals surface area contributed by atoms with Crippen LogP contribution in [0.2, 0.25) is 0 Å². The van der Waals surface area contributed by atoms with Gasteiger partial charge in [0.05, 0.1) is 5.69 Å². The first-order valence-electron chi connectivity index (χ1n) is 11.1. The minimum atomic E-state index is 0.0514. The first kappa shape index (κ1) is 21.6. The molecule has 0 aliphatic carbocycles. The van der Waals surface area contributed by atoms with Gasteiger partial charge in [0.15, 0.2) is 0 Å². The molecule has 0 amide bonds. The summed E-state index contributed by atoms with van der Waals surface area (Å²) in [6, 6.07) is 16.3. The van der Waals surface area contributed by atoms with Crippen molar-refractivity contribution in [3.05, 3.63) is 81.5 Å². The molecule has 32 heavy (non-hydrogen) atoms. The normalized spacial score (nSPS) is 11.1. The molecule has 2 heterocycles. The van der Waals surface area contributed by atoms with E-state index in [2.05, 4.69) is 51.8 Å². The standard InChI is InChI=1S/C25H28N6O/c1-4-5-6-11-23-22(25(32)31(3)17(2)26-23)16-18-12-14-19(15-13-18)20-9-7-8-10-21(20)24-27-29-30-28-24/h7-10,12-15H,4-6,11,16H2,1-3H3,(H,27,28,29,30). The van der Waals surface area contributed by atoms with Gasteiger partial charge in [0, 0.05) is 24.6 Å². The zero-order chi connectivity index (χ0) is 22.5. The van der Waals surface area contributed by atoms with E-state index in [1.165, 1.54) is 0 Å². The Kier molecular flexibility index (Phi) is 6.54. The molecule has 0 saturated carbocycles. The van der Waals surface area contributed by atoms with Gasteiger partial charge in [-0.2, -0.15) is 5.21 Å². The number of hydrogen-bond acceptors (Lipinski definition) is 5. The molecule has 7 nitrogen and oxygen atoms in total. The maximum absolute atomic E-state index is 13.0. The largest absolute Gasteiger partial charge is 0.300 e. The monoisotopic (exact) mass is 428 g/mol. The minimum absolute atomic E-state index is 0.0514. The predicted molar refractivity (Wildman–Crippen MR) is 125 cm³/mol. The van der Waals surface area contributed by atoms with Gasteiger partial charge >= 0.3 is 0 Å². The van der Waals surface area contributed by atoms with Crippen molar-refractivity contribution in [1.29, 1.82) is 0 Å². The van der Waals surface area contributed by atoms with Crippen LogP contribution in [0.15, 0.2) is 53.3 Å². The summed E-state index contributed by atoms with van der Waals surface area (Å²) >= 11 is 0. The molecule has 2 aromatic heterocycles. The molecule has 0 bridgehead atoms. The predicted octanol–water partition coefficient (Wildman–Crippen LogP) is 4.26. The number of aryl methyl sites for hydroxylation is 2. The SMILES string of the molecule is CCCCCc1nc(C)n(C)c(=O)c1Cc1ccc(-c2ccccc2-c2nn[nH]n2)cc1. The second kappa shape index (κ2) is 9.68. The van der Waals surface area contributed by atoms with Crippen LogP contribution < -0.4 is 5.56 Å². The first-order chi connectivity index (χ1) is 15.6. The maximum Gasteiger partial charge on any atom is 0.257 e. The van der Waals surface area contributed by atoms with E-state index in [4.69, 9.17) is 4.98 Å². The van der Waals surface area contributed by atoms with Gasteiger partial charge in [-0.15, -0.1) is 10.2 Å². The van der Waals surface area contributed by atoms with E-state index < -0.39 is 0 Å². The molecular weight excluding hydrogens is 400 g/mol. The summed E-state index contributed by atoms with van der Waals surface area (Å²) in [5.41, 5.74) is 5.89. The summed E-state index contributed by atoms with van der Waals surface area (Å²) < 4.78 is 1.65. The van der Waals surface area contributed by atoms with Gasteiger partial charge in [-0.05, 0) is 41.7 Å². The molecule has 2 aromatic carbocycles. The number of nitrogens with one attached hydrogen (secondary N) is 1. The van der Waals surface area contributed by atoms with E-state index in [1.54, 1.807) is 11.6 Å². The molecule has 0 fully saturated rings. The fourth-order valence-corrected chi connectivity index (χ4v) is 3.95. The van der Waals surface area contributed by atoms with Crippen molar-refractivity contribution in [3.63, 3.8) is 0 Å². The average Bonchev–Trinajstić information content (AvgIpc) is 3.35. The molecule has 0 saturated heterocycles. The van der Waals surface area contributed by atoms with E-state index in [0.29, 0.717) is 12.2 Å². The Balaban J connectivity index is 1.63. The first-order valence-corrected chi connectivity index (χ1v) is 11.1. The van der Waals surface area contributed by atoms with Crippen LogP contribution in [0, 0.1) is 6.92 Å². The Morgan fingerprint density at radius 3 is 2.44 bits per heavy atom. The zero-order valence-corrected chi connectivity index (χ0v) is 18.8. The second-order valence-corrected chi connectivity index (χ2v) is 8.06. The molecule has 0 aliphatic rings. The highest BCUT2D eigenvalue weighted by Gasteiger charge is 2.14. The fraction of sp³-hybridized carbons (Fsp3) is 0.320. The van der Waals surface area contributed by atoms with Crippen molar-refractivity contribution in [1.82, 2.24) is 30.2 Å². The lowest BCUT2D eigenvalue weighted by atomic mass is 9.96. The summed E-state index contributed by atoms with van der Waals surface area (Å²) in [5.74, 6) is 1.33. The van der Waals surface area contributed by atoms with E-state index >= 15 is 0 Å². The summed E-state index contributed by atoms with van der Waals surface area (Å²) in [5, 5.41) is 14.4. The molecule has 0 aliphatic heterocycles. The summed E-state index contributed by atoms with van der Waals surface area (Å²) in [6.07, 6.45) is 4.76. The highest BCUT2D eigenvalue weighted by Crippen LogP contribution is 2.30. The van der Waals surface area contributed by atoms with Crippen molar-refractivity contribution < 1.29 is 0 Å². The summed E-state index contributed by atoms with van der Waals surface area (Å²) in [6.45, 7) is 4.08. The van der Waals surface area contributed by atoms with Gasteiger partial charge in [0.25, 0.3) is 5.56 Å². The number of aromatic amines is 1. The lowest BCUT2D eigenvalue weighted by Gasteiger charge is -2.13. The molecule has 0 spiro atoms. The lowest BCUT2D eigenvalue weighted by Crippen LogP contribution is -2.27. The fourth-order valence-electron chi connectivity index (χ4n) is 3.95. The number of nitrogens with zero attached hydrogens (tertiary/aromatic N) is 5. The molecule has 7 heteroatoms. The minimum Gasteiger partial charge on any atom is -0.300 e. The van der Waals surface area contributed by atoms with Crippen molar-refractivity contribution >= 4 is 0 Å². The molecule has 4 aromatic rings. The number of hydrogen-bond donors (Lipinski definition) is 1. The number of tetrazole rings is 1. The van der Waals surface area contributed by atoms with Gasteiger partial charge in [-0.3, -0.25) is 9.36 Å². The number of benzene rings is 2. The smallest absolute Gasteiger partial charge is 0.257 e. The molecule has 4 rings (SSSR count). The van der Waals surface area contributed by atoms with Gasteiger partial charge < -0.3 is 0 Å². The van der Waals surface area contributed by atoms with Crippen LogP contribution in [-0.2, 0) is 19.9 Å². The Bertz CT molecular complexity index is 1240. The van der Waals surface area contributed by atoms with Crippen molar-refractivity contribution in [2.45, 2.75) is 46.0 Å². The van der Waals surface area contributed by atoms with Gasteiger partial charge in [0.2, 0.25) is 5.82 Å². The van der Waals surface area contributed by atoms with E-state index in [1.807, 2.05) is 31.2 Å². The third-order valence-electron chi connectivity index (χ3n) is 5.87. The third kappa shape index (κ3) is 4.51. The molecule has 1 N–H and O–H groups in total. The quantitative estimate of drug-likeness (QED) is 0.424. The molecular formula is C25H28N6O. The van der Waals surface area contributed by atoms with E-state index in [-0.39, 0.29) is 5.56 Å². The van der Waals surface area contributed by atoms with Crippen molar-refractivity contribution in [2.75, 3.05) is 0 Å². The van der Waals surface area contributed by atoms with Gasteiger partial charge in [-0.1, -0.05) is 68.3 Å². The van der Waals surface area contributed by atoms with Crippen LogP contribution in [0.1, 0.15) is 48.8 Å². The molecule has 0 radical (unpaired) electrons. The Labute approximate surface area is 187 Å². The van der Waals surface area contributed by atoms with Crippen LogP contribution >= 0.6 is 0 Å². The topological polar surface area (TPSA) is 89.4 Å². The molecule has 0 atom stereocenters. The Morgan fingerprint density at radius 2 is 1.75 bits per heavy atom. The molecule has 164 valence electrons. The summed E-state index contributed by atoms with van der Waals surface area (Å²) in [4.78, 5) is 17.8. The highest BCUT2D eigenvalue weighted by atomic mass is 16.1. The van der Waals surface area contributed by atoms with Crippen LogP contribution in [-0.4, -0.2) is 30.2 Å².